The molecule has 1 aliphatic rings. The van der Waals surface area contributed by atoms with E-state index in [-0.39, 0.29) is 11.3 Å². The van der Waals surface area contributed by atoms with Gasteiger partial charge in [0.05, 0.1) is 11.6 Å². The molecule has 0 radical (unpaired) electrons. The average Bonchev–Trinajstić information content (AvgIpc) is 3.18. The molecule has 0 aliphatic carbocycles. The molecule has 1 heterocycles. The van der Waals surface area contributed by atoms with E-state index in [4.69, 9.17) is 4.74 Å². The molecule has 0 bridgehead atoms. The Morgan fingerprint density at radius 1 is 0.889 bits per heavy atom. The molecule has 1 saturated heterocycles. The minimum atomic E-state index is -0.662. The average molecular weight is 485 g/mol. The van der Waals surface area contributed by atoms with Crippen molar-refractivity contribution in [3.63, 3.8) is 0 Å². The molecule has 0 aromatic heterocycles. The molecule has 3 aromatic carbocycles. The van der Waals surface area contributed by atoms with Crippen molar-refractivity contribution in [2.24, 2.45) is 0 Å². The Morgan fingerprint density at radius 3 is 2.11 bits per heavy atom. The fourth-order valence-corrected chi connectivity index (χ4v) is 4.49. The summed E-state index contributed by atoms with van der Waals surface area (Å²) < 4.78 is 5.84. The zero-order chi connectivity index (χ0) is 25.5. The highest BCUT2D eigenvalue weighted by molar-refractivity contribution is 6.46. The van der Waals surface area contributed by atoms with Gasteiger partial charge in [-0.25, -0.2) is 0 Å². The zero-order valence-electron chi connectivity index (χ0n) is 20.8. The Balaban J connectivity index is 1.62. The van der Waals surface area contributed by atoms with E-state index >= 15 is 0 Å². The van der Waals surface area contributed by atoms with Crippen LogP contribution in [0.2, 0.25) is 0 Å². The van der Waals surface area contributed by atoms with Crippen LogP contribution in [-0.4, -0.2) is 52.8 Å². The van der Waals surface area contributed by atoms with Gasteiger partial charge in [0.15, 0.2) is 0 Å². The van der Waals surface area contributed by atoms with Gasteiger partial charge in [-0.1, -0.05) is 74.5 Å². The highest BCUT2D eigenvalue weighted by Gasteiger charge is 2.45. The van der Waals surface area contributed by atoms with Gasteiger partial charge >= 0.3 is 0 Å². The van der Waals surface area contributed by atoms with Crippen molar-refractivity contribution in [2.75, 3.05) is 26.2 Å². The number of likely N-dealkylation sites (N-methyl/N-ethyl adjacent to an activating group) is 1. The molecule has 6 nitrogen and oxygen atoms in total. The van der Waals surface area contributed by atoms with Crippen LogP contribution < -0.4 is 4.74 Å². The Hall–Kier alpha value is -3.90. The normalized spacial score (nSPS) is 17.1. The molecule has 0 saturated carbocycles. The molecule has 6 heteroatoms. The lowest BCUT2D eigenvalue weighted by Crippen LogP contribution is -2.38. The molecule has 1 amide bonds. The quantitative estimate of drug-likeness (QED) is 0.248. The van der Waals surface area contributed by atoms with Crippen LogP contribution in [0.4, 0.5) is 0 Å². The molecule has 0 unspecified atom stereocenters. The number of nitrogens with zero attached hydrogens (tertiary/aromatic N) is 2. The van der Waals surface area contributed by atoms with Crippen molar-refractivity contribution < 1.29 is 19.4 Å². The van der Waals surface area contributed by atoms with Crippen LogP contribution in [0.1, 0.15) is 36.6 Å². The first-order valence-electron chi connectivity index (χ1n) is 12.4. The number of hydrogen-bond acceptors (Lipinski definition) is 5. The van der Waals surface area contributed by atoms with E-state index in [2.05, 4.69) is 18.7 Å². The topological polar surface area (TPSA) is 70.1 Å². The van der Waals surface area contributed by atoms with E-state index in [1.165, 1.54) is 0 Å². The second kappa shape index (κ2) is 11.7. The number of aliphatic hydroxyl groups excluding tert-OH is 1. The minimum Gasteiger partial charge on any atom is -0.507 e. The summed E-state index contributed by atoms with van der Waals surface area (Å²) in [6, 6.07) is 25.5. The maximum atomic E-state index is 13.2. The Bertz CT molecular complexity index is 1200. The molecule has 1 N–H and O–H groups in total. The Kier molecular flexibility index (Phi) is 8.18. The third-order valence-electron chi connectivity index (χ3n) is 6.58. The van der Waals surface area contributed by atoms with Gasteiger partial charge in [-0.2, -0.15) is 0 Å². The van der Waals surface area contributed by atoms with Gasteiger partial charge in [-0.05, 0) is 48.5 Å². The number of benzene rings is 3. The van der Waals surface area contributed by atoms with Gasteiger partial charge < -0.3 is 19.6 Å². The monoisotopic (exact) mass is 484 g/mol. The van der Waals surface area contributed by atoms with Crippen LogP contribution in [0, 0.1) is 0 Å². The van der Waals surface area contributed by atoms with Crippen molar-refractivity contribution in [3.05, 3.63) is 107 Å². The molecule has 3 aromatic rings. The van der Waals surface area contributed by atoms with Crippen LogP contribution in [0.5, 0.6) is 5.75 Å². The third-order valence-corrected chi connectivity index (χ3v) is 6.58. The summed E-state index contributed by atoms with van der Waals surface area (Å²) in [7, 11) is 0. The van der Waals surface area contributed by atoms with Crippen LogP contribution in [0.15, 0.2) is 90.5 Å². The maximum absolute atomic E-state index is 13.2. The summed E-state index contributed by atoms with van der Waals surface area (Å²) in [6.07, 6.45) is 0. The Morgan fingerprint density at radius 2 is 1.50 bits per heavy atom. The van der Waals surface area contributed by atoms with Gasteiger partial charge in [-0.15, -0.1) is 0 Å². The van der Waals surface area contributed by atoms with Gasteiger partial charge in [0.25, 0.3) is 11.7 Å². The van der Waals surface area contributed by atoms with E-state index in [0.717, 1.165) is 24.2 Å². The van der Waals surface area contributed by atoms with E-state index < -0.39 is 17.7 Å². The fourth-order valence-electron chi connectivity index (χ4n) is 4.49. The molecule has 1 fully saturated rings. The number of ketones is 1. The number of likely N-dealkylation sites (tertiary alicyclic amines) is 1. The van der Waals surface area contributed by atoms with Gasteiger partial charge in [0, 0.05) is 18.7 Å². The van der Waals surface area contributed by atoms with E-state index in [0.29, 0.717) is 31.0 Å². The summed E-state index contributed by atoms with van der Waals surface area (Å²) >= 11 is 0. The second-order valence-electron chi connectivity index (χ2n) is 8.73. The molecule has 0 spiro atoms. The lowest BCUT2D eigenvalue weighted by molar-refractivity contribution is -0.140. The van der Waals surface area contributed by atoms with E-state index in [9.17, 15) is 14.7 Å². The largest absolute Gasteiger partial charge is 0.507 e. The molecular formula is C30H32N2O4. The zero-order valence-corrected chi connectivity index (χ0v) is 20.8. The van der Waals surface area contributed by atoms with E-state index in [1.807, 2.05) is 60.7 Å². The molecule has 1 atom stereocenters. The smallest absolute Gasteiger partial charge is 0.295 e. The number of carbonyl (C=O) groups is 2. The lowest BCUT2D eigenvalue weighted by Gasteiger charge is -2.28. The van der Waals surface area contributed by atoms with Crippen molar-refractivity contribution in [3.8, 4) is 5.75 Å². The summed E-state index contributed by atoms with van der Waals surface area (Å²) in [5, 5.41) is 11.3. The maximum Gasteiger partial charge on any atom is 0.295 e. The number of rotatable bonds is 10. The summed E-state index contributed by atoms with van der Waals surface area (Å²) in [5.41, 5.74) is 2.42. The summed E-state index contributed by atoms with van der Waals surface area (Å²) in [4.78, 5) is 30.1. The molecule has 1 aliphatic heterocycles. The number of hydrogen-bond donors (Lipinski definition) is 1. The molecule has 36 heavy (non-hydrogen) atoms. The fraction of sp³-hybridized carbons (Fsp3) is 0.267. The van der Waals surface area contributed by atoms with Gasteiger partial charge in [0.1, 0.15) is 18.1 Å². The minimum absolute atomic E-state index is 0.115. The highest BCUT2D eigenvalue weighted by atomic mass is 16.5. The predicted molar refractivity (Wildman–Crippen MR) is 140 cm³/mol. The second-order valence-corrected chi connectivity index (χ2v) is 8.73. The van der Waals surface area contributed by atoms with Crippen LogP contribution in [0.3, 0.4) is 0 Å². The summed E-state index contributed by atoms with van der Waals surface area (Å²) in [5.74, 6) is -0.775. The van der Waals surface area contributed by atoms with Gasteiger partial charge in [-0.3, -0.25) is 9.59 Å². The number of ether oxygens (including phenoxy) is 1. The number of aliphatic hydroxyl groups is 1. The van der Waals surface area contributed by atoms with Crippen molar-refractivity contribution in [1.29, 1.82) is 0 Å². The first kappa shape index (κ1) is 25.2. The highest BCUT2D eigenvalue weighted by Crippen LogP contribution is 2.39. The number of amides is 1. The van der Waals surface area contributed by atoms with Gasteiger partial charge in [0.2, 0.25) is 0 Å². The summed E-state index contributed by atoms with van der Waals surface area (Å²) in [6.45, 7) is 7.33. The van der Waals surface area contributed by atoms with Crippen molar-refractivity contribution in [1.82, 2.24) is 9.80 Å². The lowest BCUT2D eigenvalue weighted by atomic mass is 9.95. The van der Waals surface area contributed by atoms with Crippen LogP contribution in [0.25, 0.3) is 5.76 Å². The van der Waals surface area contributed by atoms with Crippen molar-refractivity contribution >= 4 is 17.4 Å². The first-order chi connectivity index (χ1) is 17.5. The van der Waals surface area contributed by atoms with Crippen molar-refractivity contribution in [2.45, 2.75) is 26.5 Å². The van der Waals surface area contributed by atoms with Crippen LogP contribution in [-0.2, 0) is 16.2 Å². The number of Topliss-reactive ketones (excluding diaryl/α,β-unsaturated/α-hetero) is 1. The third kappa shape index (κ3) is 5.50. The first-order valence-corrected chi connectivity index (χ1v) is 12.4. The molecule has 186 valence electrons. The standard InChI is InChI=1S/C30H32N2O4/c1-3-31(4-2)19-20-32-27(23-13-9-6-10-14-23)26(29(34)30(32)35)28(33)24-15-17-25(18-16-24)36-21-22-11-7-5-8-12-22/h5-18,27,33H,3-4,19-21H2,1-2H3/b28-26+/t27-/m0/s1. The molecule has 4 rings (SSSR count). The Labute approximate surface area is 212 Å². The number of carbonyl (C=O) groups excluding carboxylic acids is 2. The van der Waals surface area contributed by atoms with Crippen LogP contribution >= 0.6 is 0 Å². The SMILES string of the molecule is CCN(CC)CCN1C(=O)C(=O)/C(=C(/O)c2ccc(OCc3ccccc3)cc2)[C@@H]1c1ccccc1. The molecular weight excluding hydrogens is 452 g/mol. The van der Waals surface area contributed by atoms with E-state index in [1.54, 1.807) is 29.2 Å². The predicted octanol–water partition coefficient (Wildman–Crippen LogP) is 5.03.